The van der Waals surface area contributed by atoms with E-state index in [4.69, 9.17) is 16.6 Å². The first-order chi connectivity index (χ1) is 10.7. The Balaban J connectivity index is 2.03. The highest BCUT2D eigenvalue weighted by Gasteiger charge is 2.14. The largest absolute Gasteiger partial charge is 0.296 e. The van der Waals surface area contributed by atoms with Gasteiger partial charge < -0.3 is 0 Å². The van der Waals surface area contributed by atoms with Crippen LogP contribution in [0.2, 0.25) is 5.15 Å². The normalized spacial score (nSPS) is 11.5. The minimum atomic E-state index is 0.548. The maximum atomic E-state index is 6.47. The number of fused-ring (bicyclic) bond motifs is 1. The molecule has 0 aliphatic carbocycles. The Morgan fingerprint density at radius 3 is 2.50 bits per heavy atom. The molecule has 0 aliphatic rings. The molecule has 0 fully saturated rings. The minimum absolute atomic E-state index is 0.548. The van der Waals surface area contributed by atoms with E-state index < -0.39 is 0 Å². The van der Waals surface area contributed by atoms with Gasteiger partial charge in [-0.3, -0.25) is 4.90 Å². The van der Waals surface area contributed by atoms with Gasteiger partial charge in [0, 0.05) is 10.9 Å². The molecule has 0 atom stereocenters. The molecule has 3 rings (SSSR count). The van der Waals surface area contributed by atoms with E-state index in [1.165, 1.54) is 0 Å². The van der Waals surface area contributed by atoms with Crippen LogP contribution in [0.1, 0.15) is 19.7 Å². The molecule has 0 saturated carbocycles. The van der Waals surface area contributed by atoms with Crippen LogP contribution in [0.3, 0.4) is 0 Å². The summed E-state index contributed by atoms with van der Waals surface area (Å²) in [7, 11) is 0. The molecule has 22 heavy (non-hydrogen) atoms. The van der Waals surface area contributed by atoms with E-state index in [1.807, 2.05) is 18.2 Å². The zero-order valence-electron chi connectivity index (χ0n) is 12.7. The lowest BCUT2D eigenvalue weighted by Crippen LogP contribution is -2.23. The topological polar surface area (TPSA) is 29.0 Å². The number of hydrogen-bond donors (Lipinski definition) is 0. The first kappa shape index (κ1) is 15.4. The van der Waals surface area contributed by atoms with Crippen molar-refractivity contribution in [1.29, 1.82) is 0 Å². The molecular formula is C17H18ClN3S. The van der Waals surface area contributed by atoms with E-state index in [1.54, 1.807) is 11.3 Å². The van der Waals surface area contributed by atoms with Crippen LogP contribution in [0.25, 0.3) is 21.3 Å². The van der Waals surface area contributed by atoms with Gasteiger partial charge in [0.05, 0.1) is 11.9 Å². The van der Waals surface area contributed by atoms with Crippen LogP contribution in [-0.2, 0) is 6.54 Å². The Bertz CT molecular complexity index is 766. The average molecular weight is 332 g/mol. The molecule has 1 aromatic carbocycles. The van der Waals surface area contributed by atoms with E-state index in [0.717, 1.165) is 46.8 Å². The van der Waals surface area contributed by atoms with Gasteiger partial charge in [-0.2, -0.15) is 0 Å². The molecular weight excluding hydrogens is 314 g/mol. The molecule has 5 heteroatoms. The van der Waals surface area contributed by atoms with Gasteiger partial charge >= 0.3 is 0 Å². The van der Waals surface area contributed by atoms with E-state index in [9.17, 15) is 0 Å². The van der Waals surface area contributed by atoms with Crippen molar-refractivity contribution >= 4 is 33.2 Å². The fourth-order valence-electron chi connectivity index (χ4n) is 2.49. The Morgan fingerprint density at radius 2 is 1.82 bits per heavy atom. The Hall–Kier alpha value is -1.49. The van der Waals surface area contributed by atoms with E-state index in [-0.39, 0.29) is 0 Å². The van der Waals surface area contributed by atoms with Crippen molar-refractivity contribution in [1.82, 2.24) is 14.9 Å². The molecule has 3 nitrogen and oxygen atoms in total. The molecule has 114 valence electrons. The second-order valence-electron chi connectivity index (χ2n) is 5.09. The monoisotopic (exact) mass is 331 g/mol. The first-order valence-electron chi connectivity index (χ1n) is 7.44. The number of halogens is 1. The van der Waals surface area contributed by atoms with Crippen molar-refractivity contribution in [2.45, 2.75) is 20.4 Å². The smallest absolute Gasteiger partial charge is 0.145 e. The minimum Gasteiger partial charge on any atom is -0.296 e. The number of thiophene rings is 1. The molecule has 0 saturated heterocycles. The SMILES string of the molecule is CCN(CC)Cc1nc(Cl)c2c(-c3ccccc3)csc2n1. The predicted octanol–water partition coefficient (Wildman–Crippen LogP) is 4.85. The fraction of sp³-hybridized carbons (Fsp3) is 0.294. The quantitative estimate of drug-likeness (QED) is 0.625. The number of aromatic nitrogens is 2. The van der Waals surface area contributed by atoms with Gasteiger partial charge in [0.1, 0.15) is 15.8 Å². The van der Waals surface area contributed by atoms with Gasteiger partial charge in [0.2, 0.25) is 0 Å². The highest BCUT2D eigenvalue weighted by molar-refractivity contribution is 7.17. The van der Waals surface area contributed by atoms with Crippen LogP contribution in [-0.4, -0.2) is 28.0 Å². The molecule has 0 spiro atoms. The van der Waals surface area contributed by atoms with Gasteiger partial charge in [-0.25, -0.2) is 9.97 Å². The summed E-state index contributed by atoms with van der Waals surface area (Å²) >= 11 is 8.09. The molecule has 0 radical (unpaired) electrons. The van der Waals surface area contributed by atoms with Gasteiger partial charge in [-0.1, -0.05) is 55.8 Å². The molecule has 0 N–H and O–H groups in total. The van der Waals surface area contributed by atoms with Crippen molar-refractivity contribution in [3.63, 3.8) is 0 Å². The maximum absolute atomic E-state index is 6.47. The summed E-state index contributed by atoms with van der Waals surface area (Å²) in [5.74, 6) is 0.794. The molecule has 0 amide bonds. The van der Waals surface area contributed by atoms with Crippen molar-refractivity contribution < 1.29 is 0 Å². The third kappa shape index (κ3) is 3.00. The second kappa shape index (κ2) is 6.73. The fourth-order valence-corrected chi connectivity index (χ4v) is 3.80. The summed E-state index contributed by atoms with van der Waals surface area (Å²) < 4.78 is 0. The summed E-state index contributed by atoms with van der Waals surface area (Å²) in [6.07, 6.45) is 0. The molecule has 0 unspecified atom stereocenters. The van der Waals surface area contributed by atoms with E-state index >= 15 is 0 Å². The first-order valence-corrected chi connectivity index (χ1v) is 8.70. The highest BCUT2D eigenvalue weighted by atomic mass is 35.5. The zero-order chi connectivity index (χ0) is 15.5. The lowest BCUT2D eigenvalue weighted by Gasteiger charge is -2.16. The summed E-state index contributed by atoms with van der Waals surface area (Å²) in [4.78, 5) is 12.5. The van der Waals surface area contributed by atoms with Gasteiger partial charge in [-0.05, 0) is 18.7 Å². The Labute approximate surface area is 139 Å². The molecule has 2 heterocycles. The molecule has 2 aromatic heterocycles. The van der Waals surface area contributed by atoms with Crippen LogP contribution in [0.15, 0.2) is 35.7 Å². The van der Waals surface area contributed by atoms with Crippen LogP contribution < -0.4 is 0 Å². The standard InChI is InChI=1S/C17H18ClN3S/c1-3-21(4-2)10-14-19-16(18)15-13(11-22-17(15)20-14)12-8-6-5-7-9-12/h5-9,11H,3-4,10H2,1-2H3. The van der Waals surface area contributed by atoms with Crippen LogP contribution in [0.4, 0.5) is 0 Å². The highest BCUT2D eigenvalue weighted by Crippen LogP contribution is 2.36. The molecule has 0 bridgehead atoms. The summed E-state index contributed by atoms with van der Waals surface area (Å²) in [5.41, 5.74) is 2.26. The Morgan fingerprint density at radius 1 is 1.09 bits per heavy atom. The van der Waals surface area contributed by atoms with Crippen molar-refractivity contribution in [3.05, 3.63) is 46.7 Å². The van der Waals surface area contributed by atoms with Crippen LogP contribution in [0, 0.1) is 0 Å². The number of rotatable bonds is 5. The lowest BCUT2D eigenvalue weighted by molar-refractivity contribution is 0.288. The number of benzene rings is 1. The third-order valence-electron chi connectivity index (χ3n) is 3.78. The number of hydrogen-bond acceptors (Lipinski definition) is 4. The molecule has 0 aliphatic heterocycles. The summed E-state index contributed by atoms with van der Waals surface area (Å²) in [6, 6.07) is 10.2. The van der Waals surface area contributed by atoms with Crippen molar-refractivity contribution in [3.8, 4) is 11.1 Å². The second-order valence-corrected chi connectivity index (χ2v) is 6.30. The average Bonchev–Trinajstić information content (AvgIpc) is 2.98. The number of nitrogens with zero attached hydrogens (tertiary/aromatic N) is 3. The van der Waals surface area contributed by atoms with Crippen molar-refractivity contribution in [2.24, 2.45) is 0 Å². The van der Waals surface area contributed by atoms with Gasteiger partial charge in [-0.15, -0.1) is 11.3 Å². The van der Waals surface area contributed by atoms with Crippen molar-refractivity contribution in [2.75, 3.05) is 13.1 Å². The lowest BCUT2D eigenvalue weighted by atomic mass is 10.1. The third-order valence-corrected chi connectivity index (χ3v) is 4.93. The maximum Gasteiger partial charge on any atom is 0.145 e. The summed E-state index contributed by atoms with van der Waals surface area (Å²) in [6.45, 7) is 6.98. The predicted molar refractivity (Wildman–Crippen MR) is 94.5 cm³/mol. The molecule has 3 aromatic rings. The summed E-state index contributed by atoms with van der Waals surface area (Å²) in [5, 5.41) is 3.62. The zero-order valence-corrected chi connectivity index (χ0v) is 14.3. The van der Waals surface area contributed by atoms with E-state index in [2.05, 4.69) is 41.2 Å². The van der Waals surface area contributed by atoms with E-state index in [0.29, 0.717) is 5.15 Å². The van der Waals surface area contributed by atoms with Gasteiger partial charge in [0.15, 0.2) is 0 Å². The van der Waals surface area contributed by atoms with Crippen LogP contribution in [0.5, 0.6) is 0 Å². The van der Waals surface area contributed by atoms with Gasteiger partial charge in [0.25, 0.3) is 0 Å². The van der Waals surface area contributed by atoms with Crippen LogP contribution >= 0.6 is 22.9 Å². The Kier molecular flexibility index (Phi) is 4.71.